The van der Waals surface area contributed by atoms with E-state index in [4.69, 9.17) is 18.9 Å². The number of hydrogen-bond donors (Lipinski definition) is 0. The first-order valence-corrected chi connectivity index (χ1v) is 19.3. The summed E-state index contributed by atoms with van der Waals surface area (Å²) in [6.07, 6.45) is -9.44. The maximum absolute atomic E-state index is 12.5. The van der Waals surface area contributed by atoms with Gasteiger partial charge in [0.05, 0.1) is 24.9 Å². The number of carbonyl (C=O) groups is 4. The summed E-state index contributed by atoms with van der Waals surface area (Å²) in [4.78, 5) is 46.6. The molecule has 0 aromatic rings. The van der Waals surface area contributed by atoms with Gasteiger partial charge in [-0.1, -0.05) is 13.2 Å². The van der Waals surface area contributed by atoms with Crippen molar-refractivity contribution in [2.75, 3.05) is 26.4 Å². The molecule has 8 aliphatic carbocycles. The average molecular weight is 849 g/mol. The summed E-state index contributed by atoms with van der Waals surface area (Å²) < 4.78 is 144. The molecule has 8 saturated carbocycles. The lowest BCUT2D eigenvalue weighted by atomic mass is 9.52. The number of ether oxygens (including phenoxy) is 6. The Balaban J connectivity index is 0.000000223. The minimum atomic E-state index is -5.78. The zero-order chi connectivity index (χ0) is 43.1. The highest BCUT2D eigenvalue weighted by atomic mass is 19.4. The predicted octanol–water partition coefficient (Wildman–Crippen LogP) is 8.06. The Hall–Kier alpha value is -3.35. The Kier molecular flexibility index (Phi) is 13.4. The molecular formula is C39H49F9O10. The first kappa shape index (κ1) is 45.7. The van der Waals surface area contributed by atoms with Crippen LogP contribution >= 0.6 is 0 Å². The number of carbonyl (C=O) groups excluding carboxylic acids is 4. The lowest BCUT2D eigenvalue weighted by molar-refractivity contribution is -0.282. The second-order valence-corrected chi connectivity index (χ2v) is 17.2. The lowest BCUT2D eigenvalue weighted by Crippen LogP contribution is -2.61. The summed E-state index contributed by atoms with van der Waals surface area (Å²) in [5, 5.41) is 0. The molecule has 10 nitrogen and oxygen atoms in total. The van der Waals surface area contributed by atoms with Crippen LogP contribution in [0.15, 0.2) is 24.3 Å². The average Bonchev–Trinajstić information content (AvgIpc) is 3.03. The van der Waals surface area contributed by atoms with E-state index in [2.05, 4.69) is 22.6 Å². The molecule has 4 unspecified atom stereocenters. The van der Waals surface area contributed by atoms with Gasteiger partial charge in [0.25, 0.3) is 0 Å². The molecule has 0 N–H and O–H groups in total. The van der Waals surface area contributed by atoms with Crippen LogP contribution in [0.3, 0.4) is 0 Å². The second-order valence-electron chi connectivity index (χ2n) is 17.2. The summed E-state index contributed by atoms with van der Waals surface area (Å²) in [6, 6.07) is 0. The van der Waals surface area contributed by atoms with Crippen molar-refractivity contribution in [3.63, 3.8) is 0 Å². The molecule has 8 fully saturated rings. The SMILES string of the molecule is C=C(C)C(=O)OC12CC3CC(C1)C(OCCOC(=O)C(C(F)(F)F)C(F)(F)F)C(C3)C2.C=C(C)C(=O)OC12CC3CC(CC(OCCOC(=O)CC(F)(F)F)(C3)C1)C2. The van der Waals surface area contributed by atoms with Gasteiger partial charge in [-0.3, -0.25) is 9.59 Å². The highest BCUT2D eigenvalue weighted by Gasteiger charge is 2.63. The van der Waals surface area contributed by atoms with Gasteiger partial charge in [-0.05, 0) is 108 Å². The van der Waals surface area contributed by atoms with Crippen molar-refractivity contribution in [3.05, 3.63) is 24.3 Å². The Morgan fingerprint density at radius 2 is 1.10 bits per heavy atom. The molecule has 0 saturated heterocycles. The van der Waals surface area contributed by atoms with E-state index >= 15 is 0 Å². The third-order valence-electron chi connectivity index (χ3n) is 12.0. The van der Waals surface area contributed by atoms with Crippen molar-refractivity contribution < 1.29 is 87.1 Å². The molecule has 0 aromatic heterocycles. The van der Waals surface area contributed by atoms with E-state index in [0.717, 1.165) is 51.4 Å². The topological polar surface area (TPSA) is 124 Å². The molecule has 0 radical (unpaired) electrons. The van der Waals surface area contributed by atoms with Gasteiger partial charge in [-0.15, -0.1) is 0 Å². The van der Waals surface area contributed by atoms with Crippen molar-refractivity contribution in [3.8, 4) is 0 Å². The van der Waals surface area contributed by atoms with Crippen LogP contribution in [-0.4, -0.2) is 91.7 Å². The van der Waals surface area contributed by atoms with Crippen molar-refractivity contribution in [2.45, 2.75) is 132 Å². The number of halogens is 9. The molecule has 8 aliphatic rings. The molecule has 8 bridgehead atoms. The van der Waals surface area contributed by atoms with Crippen LogP contribution in [0.1, 0.15) is 90.9 Å². The van der Waals surface area contributed by atoms with E-state index in [1.54, 1.807) is 13.8 Å². The molecule has 58 heavy (non-hydrogen) atoms. The van der Waals surface area contributed by atoms with Gasteiger partial charge < -0.3 is 28.4 Å². The normalized spacial score (nSPS) is 33.2. The third-order valence-corrected chi connectivity index (χ3v) is 12.0. The number of alkyl halides is 9. The van der Waals surface area contributed by atoms with Crippen LogP contribution in [0.2, 0.25) is 0 Å². The van der Waals surface area contributed by atoms with Gasteiger partial charge in [-0.2, -0.15) is 39.5 Å². The van der Waals surface area contributed by atoms with Crippen LogP contribution in [0.5, 0.6) is 0 Å². The maximum Gasteiger partial charge on any atom is 0.411 e. The van der Waals surface area contributed by atoms with Crippen LogP contribution in [0.25, 0.3) is 0 Å². The predicted molar refractivity (Wildman–Crippen MR) is 182 cm³/mol. The molecule has 0 spiro atoms. The smallest absolute Gasteiger partial charge is 0.411 e. The van der Waals surface area contributed by atoms with E-state index in [0.29, 0.717) is 48.2 Å². The fourth-order valence-electron chi connectivity index (χ4n) is 10.7. The monoisotopic (exact) mass is 848 g/mol. The fourth-order valence-corrected chi connectivity index (χ4v) is 10.7. The van der Waals surface area contributed by atoms with Crippen molar-refractivity contribution in [2.24, 2.45) is 35.5 Å². The maximum atomic E-state index is 12.5. The highest BCUT2D eigenvalue weighted by Crippen LogP contribution is 2.61. The van der Waals surface area contributed by atoms with Gasteiger partial charge in [0.15, 0.2) is 0 Å². The lowest BCUT2D eigenvalue weighted by Gasteiger charge is -2.60. The summed E-state index contributed by atoms with van der Waals surface area (Å²) in [5.74, 6) is -7.44. The second kappa shape index (κ2) is 17.0. The quantitative estimate of drug-likeness (QED) is 0.0558. The molecule has 19 heteroatoms. The number of hydrogen-bond acceptors (Lipinski definition) is 10. The number of rotatable bonds is 14. The van der Waals surface area contributed by atoms with Gasteiger partial charge in [0.2, 0.25) is 5.92 Å². The molecule has 0 heterocycles. The minimum Gasteiger partial charge on any atom is -0.463 e. The molecule has 4 atom stereocenters. The van der Waals surface area contributed by atoms with Gasteiger partial charge >= 0.3 is 42.4 Å². The van der Waals surface area contributed by atoms with Crippen LogP contribution in [-0.2, 0) is 47.6 Å². The van der Waals surface area contributed by atoms with Gasteiger partial charge in [0.1, 0.15) is 30.8 Å². The highest BCUT2D eigenvalue weighted by molar-refractivity contribution is 5.87. The van der Waals surface area contributed by atoms with Gasteiger partial charge in [0, 0.05) is 17.6 Å². The van der Waals surface area contributed by atoms with E-state index in [9.17, 15) is 58.7 Å². The zero-order valence-electron chi connectivity index (χ0n) is 32.3. The summed E-state index contributed by atoms with van der Waals surface area (Å²) >= 11 is 0. The first-order valence-electron chi connectivity index (χ1n) is 19.3. The van der Waals surface area contributed by atoms with Crippen LogP contribution in [0.4, 0.5) is 39.5 Å². The van der Waals surface area contributed by atoms with E-state index in [1.165, 1.54) is 0 Å². The molecular weight excluding hydrogens is 799 g/mol. The Morgan fingerprint density at radius 1 is 0.621 bits per heavy atom. The summed E-state index contributed by atoms with van der Waals surface area (Å²) in [7, 11) is 0. The zero-order valence-corrected chi connectivity index (χ0v) is 32.3. The van der Waals surface area contributed by atoms with E-state index < -0.39 is 78.2 Å². The van der Waals surface area contributed by atoms with Crippen LogP contribution < -0.4 is 0 Å². The first-order chi connectivity index (χ1) is 26.7. The molecule has 0 amide bonds. The Morgan fingerprint density at radius 3 is 1.60 bits per heavy atom. The summed E-state index contributed by atoms with van der Waals surface area (Å²) in [5.41, 5.74) is -0.923. The molecule has 8 rings (SSSR count). The minimum absolute atomic E-state index is 0.0353. The van der Waals surface area contributed by atoms with E-state index in [1.807, 2.05) is 0 Å². The summed E-state index contributed by atoms with van der Waals surface area (Å²) in [6.45, 7) is 9.21. The van der Waals surface area contributed by atoms with Crippen molar-refractivity contribution >= 4 is 23.9 Å². The number of esters is 4. The fraction of sp³-hybridized carbons (Fsp3) is 0.795. The van der Waals surface area contributed by atoms with Crippen molar-refractivity contribution in [1.29, 1.82) is 0 Å². The third kappa shape index (κ3) is 11.3. The largest absolute Gasteiger partial charge is 0.463 e. The van der Waals surface area contributed by atoms with E-state index in [-0.39, 0.29) is 37.8 Å². The standard InChI is InChI=1S/C20H24F6O5.C19H25F3O5/c1-10(2)16(27)31-18-7-11-5-12(8-18)14(13(6-11)9-18)29-3-4-30-17(28)15(19(21,22)23)20(24,25)26;1-12(2)16(24)27-18-8-13-5-14(9-18)7-17(6-13,11-18)26-4-3-25-15(23)10-19(20,21)22/h11-15H,1,3-9H2,2H3;13-14H,1,3-11H2,2H3. The van der Waals surface area contributed by atoms with Gasteiger partial charge in [-0.25, -0.2) is 9.59 Å². The molecule has 0 aromatic carbocycles. The Bertz CT molecular complexity index is 1540. The van der Waals surface area contributed by atoms with Crippen LogP contribution in [0, 0.1) is 35.5 Å². The van der Waals surface area contributed by atoms with Crippen molar-refractivity contribution in [1.82, 2.24) is 0 Å². The Labute approximate surface area is 329 Å². The molecule has 328 valence electrons. The molecule has 0 aliphatic heterocycles.